The molecule has 192 valence electrons. The lowest BCUT2D eigenvalue weighted by atomic mass is 10.0. The van der Waals surface area contributed by atoms with Crippen molar-refractivity contribution in [2.75, 3.05) is 40.6 Å². The summed E-state index contributed by atoms with van der Waals surface area (Å²) >= 11 is 0. The van der Waals surface area contributed by atoms with E-state index < -0.39 is 39.1 Å². The Labute approximate surface area is 199 Å². The number of hydrogen-bond acceptors (Lipinski definition) is 7. The van der Waals surface area contributed by atoms with E-state index in [9.17, 15) is 18.7 Å². The molecule has 0 amide bonds. The minimum absolute atomic E-state index is 0.0497. The van der Waals surface area contributed by atoms with Gasteiger partial charge in [-0.05, 0) is 24.7 Å². The molecule has 0 saturated carbocycles. The molecule has 11 heteroatoms. The quantitative estimate of drug-likeness (QED) is 0.165. The molecule has 33 heavy (non-hydrogen) atoms. The number of nitrogens with zero attached hydrogens (tertiary/aromatic N) is 2. The van der Waals surface area contributed by atoms with Gasteiger partial charge in [0.25, 0.3) is 15.0 Å². The van der Waals surface area contributed by atoms with Crippen molar-refractivity contribution in [2.45, 2.75) is 52.6 Å². The van der Waals surface area contributed by atoms with Gasteiger partial charge in [0.15, 0.2) is 0 Å². The summed E-state index contributed by atoms with van der Waals surface area (Å²) in [5, 5.41) is 0. The van der Waals surface area contributed by atoms with Gasteiger partial charge in [-0.15, -0.1) is 13.2 Å². The molecular weight excluding hydrogens is 466 g/mol. The van der Waals surface area contributed by atoms with Crippen LogP contribution < -0.4 is 0 Å². The Morgan fingerprint density at radius 2 is 1.09 bits per heavy atom. The van der Waals surface area contributed by atoms with Crippen LogP contribution in [-0.2, 0) is 32.5 Å². The number of ether oxygens (including phenoxy) is 2. The van der Waals surface area contributed by atoms with Crippen LogP contribution in [0, 0.1) is 11.8 Å². The van der Waals surface area contributed by atoms with Gasteiger partial charge in [-0.25, -0.2) is 13.7 Å². The van der Waals surface area contributed by atoms with Crippen molar-refractivity contribution in [1.29, 1.82) is 0 Å². The van der Waals surface area contributed by atoms with Crippen molar-refractivity contribution in [3.05, 3.63) is 25.3 Å². The van der Waals surface area contributed by atoms with Crippen LogP contribution in [0.2, 0.25) is 0 Å². The number of carbonyl (C=O) groups is 2. The largest absolute Gasteiger partial charge is 0.468 e. The Hall–Kier alpha value is -1.24. The summed E-state index contributed by atoms with van der Waals surface area (Å²) in [5.41, 5.74) is 0. The highest BCUT2D eigenvalue weighted by atomic mass is 31.2. The second-order valence-electron chi connectivity index (χ2n) is 8.85. The van der Waals surface area contributed by atoms with Gasteiger partial charge in [0.2, 0.25) is 0 Å². The predicted octanol–water partition coefficient (Wildman–Crippen LogP) is 4.80. The van der Waals surface area contributed by atoms with Crippen LogP contribution in [0.4, 0.5) is 0 Å². The molecule has 0 aromatic rings. The van der Waals surface area contributed by atoms with Gasteiger partial charge in [0, 0.05) is 26.4 Å². The van der Waals surface area contributed by atoms with E-state index in [1.807, 2.05) is 27.7 Å². The molecule has 0 aromatic carbocycles. The molecule has 9 nitrogen and oxygen atoms in total. The second kappa shape index (κ2) is 14.2. The van der Waals surface area contributed by atoms with Crippen LogP contribution in [0.5, 0.6) is 0 Å². The zero-order valence-corrected chi connectivity index (χ0v) is 23.1. The third-order valence-corrected chi connectivity index (χ3v) is 10.1. The molecule has 0 saturated heterocycles. The third-order valence-electron chi connectivity index (χ3n) is 4.92. The van der Waals surface area contributed by atoms with E-state index in [1.54, 1.807) is 0 Å². The standard InChI is InChI=1S/C22H42N2O7P2/c1-11-13-23(19(15-17(3)4)21(25)29-7)32(9,27)31-33(10,28)24(14-12-2)20(16-18(5)6)22(26)30-8/h11-12,17-20H,1-2,13-16H2,3-10H3/t19-,20-,32+,33+/m0/s1. The highest BCUT2D eigenvalue weighted by Crippen LogP contribution is 2.64. The summed E-state index contributed by atoms with van der Waals surface area (Å²) < 4.78 is 46.1. The number of methoxy groups -OCH3 is 2. The van der Waals surface area contributed by atoms with Crippen molar-refractivity contribution < 1.29 is 32.5 Å². The van der Waals surface area contributed by atoms with Crippen molar-refractivity contribution in [3.8, 4) is 0 Å². The molecule has 0 bridgehead atoms. The lowest BCUT2D eigenvalue weighted by Crippen LogP contribution is -2.43. The molecule has 0 rings (SSSR count). The molecule has 0 heterocycles. The fourth-order valence-corrected chi connectivity index (χ4v) is 8.75. The Balaban J connectivity index is 6.34. The Bertz CT molecular complexity index is 708. The Morgan fingerprint density at radius 1 is 0.788 bits per heavy atom. The molecule has 4 atom stereocenters. The fraction of sp³-hybridized carbons (Fsp3) is 0.727. The summed E-state index contributed by atoms with van der Waals surface area (Å²) in [5.74, 6) is -0.974. The Kier molecular flexibility index (Phi) is 13.7. The average Bonchev–Trinajstić information content (AvgIpc) is 2.70. The molecule has 0 aliphatic carbocycles. The van der Waals surface area contributed by atoms with Gasteiger partial charge in [0.1, 0.15) is 12.1 Å². The summed E-state index contributed by atoms with van der Waals surface area (Å²) in [6.07, 6.45) is 3.69. The molecule has 0 N–H and O–H groups in total. The normalized spacial score (nSPS) is 17.3. The number of hydrogen-bond donors (Lipinski definition) is 0. The molecule has 0 unspecified atom stereocenters. The highest BCUT2D eigenvalue weighted by molar-refractivity contribution is 7.69. The second-order valence-corrected chi connectivity index (χ2v) is 13.7. The van der Waals surface area contributed by atoms with E-state index >= 15 is 0 Å². The summed E-state index contributed by atoms with van der Waals surface area (Å²) in [6.45, 7) is 17.8. The van der Waals surface area contributed by atoms with Crippen LogP contribution in [0.1, 0.15) is 40.5 Å². The summed E-state index contributed by atoms with van der Waals surface area (Å²) in [7, 11) is -5.17. The first-order valence-corrected chi connectivity index (χ1v) is 15.0. The van der Waals surface area contributed by atoms with E-state index in [2.05, 4.69) is 13.2 Å². The van der Waals surface area contributed by atoms with Crippen LogP contribution in [-0.4, -0.2) is 74.0 Å². The van der Waals surface area contributed by atoms with Gasteiger partial charge in [-0.2, -0.15) is 0 Å². The number of carbonyl (C=O) groups excluding carboxylic acids is 2. The molecule has 0 aliphatic rings. The zero-order chi connectivity index (χ0) is 26.0. The predicted molar refractivity (Wildman–Crippen MR) is 132 cm³/mol. The lowest BCUT2D eigenvalue weighted by Gasteiger charge is -2.39. The first-order chi connectivity index (χ1) is 15.2. The molecule has 0 radical (unpaired) electrons. The lowest BCUT2D eigenvalue weighted by molar-refractivity contribution is -0.146. The van der Waals surface area contributed by atoms with Gasteiger partial charge < -0.3 is 9.47 Å². The minimum atomic E-state index is -3.84. The fourth-order valence-electron chi connectivity index (χ4n) is 3.54. The van der Waals surface area contributed by atoms with E-state index in [1.165, 1.54) is 49.0 Å². The maximum absolute atomic E-state index is 13.9. The smallest absolute Gasteiger partial charge is 0.323 e. The van der Waals surface area contributed by atoms with Crippen LogP contribution >= 0.6 is 15.0 Å². The van der Waals surface area contributed by atoms with E-state index in [-0.39, 0.29) is 24.9 Å². The van der Waals surface area contributed by atoms with Gasteiger partial charge >= 0.3 is 11.9 Å². The van der Waals surface area contributed by atoms with Crippen LogP contribution in [0.3, 0.4) is 0 Å². The van der Waals surface area contributed by atoms with E-state index in [0.717, 1.165) is 0 Å². The van der Waals surface area contributed by atoms with Crippen molar-refractivity contribution in [3.63, 3.8) is 0 Å². The highest BCUT2D eigenvalue weighted by Gasteiger charge is 2.45. The molecule has 0 spiro atoms. The molecule has 0 fully saturated rings. The van der Waals surface area contributed by atoms with Crippen LogP contribution in [0.15, 0.2) is 25.3 Å². The van der Waals surface area contributed by atoms with Gasteiger partial charge in [0.05, 0.1) is 14.2 Å². The average molecular weight is 509 g/mol. The van der Waals surface area contributed by atoms with E-state index in [4.69, 9.17) is 13.8 Å². The molecule has 0 aromatic heterocycles. The maximum Gasteiger partial charge on any atom is 0.323 e. The SMILES string of the molecule is C=CCN([C@@H](CC(C)C)C(=O)OC)[P@](C)(=O)O[P@@](C)(=O)N(CC=C)[C@@H](CC(C)C)C(=O)OC. The minimum Gasteiger partial charge on any atom is -0.468 e. The molecule has 0 aliphatic heterocycles. The summed E-state index contributed by atoms with van der Waals surface area (Å²) in [6, 6.07) is -1.77. The number of esters is 2. The number of rotatable bonds is 16. The van der Waals surface area contributed by atoms with Gasteiger partial charge in [-0.1, -0.05) is 39.8 Å². The van der Waals surface area contributed by atoms with E-state index in [0.29, 0.717) is 12.8 Å². The zero-order valence-electron chi connectivity index (χ0n) is 21.4. The van der Waals surface area contributed by atoms with Crippen molar-refractivity contribution in [2.24, 2.45) is 11.8 Å². The van der Waals surface area contributed by atoms with Gasteiger partial charge in [-0.3, -0.25) is 18.7 Å². The van der Waals surface area contributed by atoms with Crippen LogP contribution in [0.25, 0.3) is 0 Å². The van der Waals surface area contributed by atoms with Crippen molar-refractivity contribution >= 4 is 27.0 Å². The molecular formula is C22H42N2O7P2. The first kappa shape index (κ1) is 31.8. The summed E-state index contributed by atoms with van der Waals surface area (Å²) in [4.78, 5) is 25.1. The monoisotopic (exact) mass is 508 g/mol. The third kappa shape index (κ3) is 9.87. The first-order valence-electron chi connectivity index (χ1n) is 11.0. The maximum atomic E-state index is 13.9. The Morgan fingerprint density at radius 3 is 1.30 bits per heavy atom. The van der Waals surface area contributed by atoms with Crippen molar-refractivity contribution in [1.82, 2.24) is 9.34 Å². The topological polar surface area (TPSA) is 102 Å².